The van der Waals surface area contributed by atoms with Crippen LogP contribution in [0.3, 0.4) is 0 Å². The summed E-state index contributed by atoms with van der Waals surface area (Å²) in [5.41, 5.74) is 2.70. The fraction of sp³-hybridized carbons (Fsp3) is 0.600. The number of hydrogen-bond donors (Lipinski definition) is 1. The lowest BCUT2D eigenvalue weighted by atomic mass is 10.2. The maximum Gasteiger partial charge on any atom is 0.242 e. The lowest BCUT2D eigenvalue weighted by Crippen LogP contribution is -2.51. The van der Waals surface area contributed by atoms with Gasteiger partial charge in [0.15, 0.2) is 0 Å². The van der Waals surface area contributed by atoms with E-state index in [-0.39, 0.29) is 36.8 Å². The third-order valence-corrected chi connectivity index (χ3v) is 3.11. The van der Waals surface area contributed by atoms with E-state index < -0.39 is 0 Å². The molecule has 1 fully saturated rings. The molecule has 1 amide bonds. The van der Waals surface area contributed by atoms with Crippen LogP contribution in [0.4, 0.5) is 0 Å². The van der Waals surface area contributed by atoms with Gasteiger partial charge in [-0.25, -0.2) is 4.98 Å². The summed E-state index contributed by atoms with van der Waals surface area (Å²) < 4.78 is 5.27. The van der Waals surface area contributed by atoms with Gasteiger partial charge in [-0.2, -0.15) is 0 Å². The minimum atomic E-state index is -0.211. The number of morpholine rings is 1. The zero-order valence-electron chi connectivity index (χ0n) is 10.00. The monoisotopic (exact) mass is 313 g/mol. The van der Waals surface area contributed by atoms with Crippen molar-refractivity contribution in [1.29, 1.82) is 0 Å². The highest BCUT2D eigenvalue weighted by atomic mass is 35.5. The van der Waals surface area contributed by atoms with Crippen molar-refractivity contribution in [3.05, 3.63) is 16.6 Å². The topological polar surface area (TPSA) is 54.5 Å². The van der Waals surface area contributed by atoms with E-state index in [1.807, 2.05) is 5.38 Å². The van der Waals surface area contributed by atoms with Gasteiger partial charge in [-0.1, -0.05) is 0 Å². The molecule has 1 aliphatic heterocycles. The number of amides is 1. The molecule has 2 rings (SSSR count). The van der Waals surface area contributed by atoms with Crippen molar-refractivity contribution in [2.24, 2.45) is 0 Å². The van der Waals surface area contributed by atoms with Gasteiger partial charge in [0.2, 0.25) is 5.91 Å². The molecule has 1 unspecified atom stereocenters. The fourth-order valence-corrected chi connectivity index (χ4v) is 2.18. The normalized spacial score (nSPS) is 18.4. The van der Waals surface area contributed by atoms with Gasteiger partial charge in [0, 0.05) is 19.0 Å². The lowest BCUT2D eigenvalue weighted by Gasteiger charge is -2.27. The Bertz CT molecular complexity index is 345. The van der Waals surface area contributed by atoms with Crippen LogP contribution in [0, 0.1) is 0 Å². The Labute approximate surface area is 123 Å². The molecular weight excluding hydrogens is 297 g/mol. The van der Waals surface area contributed by atoms with Gasteiger partial charge in [0.25, 0.3) is 0 Å². The summed E-state index contributed by atoms with van der Waals surface area (Å²) >= 11 is 1.54. The molecule has 0 aromatic carbocycles. The Hall–Kier alpha value is -0.400. The smallest absolute Gasteiger partial charge is 0.242 e. The maximum atomic E-state index is 12.0. The zero-order chi connectivity index (χ0) is 11.4. The number of rotatable bonds is 3. The van der Waals surface area contributed by atoms with E-state index in [1.165, 1.54) is 11.3 Å². The Kier molecular flexibility index (Phi) is 8.47. The highest BCUT2D eigenvalue weighted by Gasteiger charge is 2.24. The molecule has 0 bridgehead atoms. The van der Waals surface area contributed by atoms with Crippen LogP contribution in [-0.2, 0) is 16.1 Å². The standard InChI is InChI=1S/C10H15N3O2S.2ClH/c1-13(4-8-6-16-7-12-8)10(14)9-5-15-3-2-11-9;;/h6-7,9,11H,2-5H2,1H3;2*1H. The molecule has 0 spiro atoms. The first-order valence-electron chi connectivity index (χ1n) is 5.20. The molecular formula is C10H17Cl2N3O2S. The first-order chi connectivity index (χ1) is 7.77. The molecule has 1 N–H and O–H groups in total. The Morgan fingerprint density at radius 3 is 3.00 bits per heavy atom. The van der Waals surface area contributed by atoms with E-state index in [9.17, 15) is 4.79 Å². The third kappa shape index (κ3) is 4.70. The van der Waals surface area contributed by atoms with Crippen LogP contribution >= 0.6 is 36.2 Å². The molecule has 2 heterocycles. The number of halogens is 2. The maximum absolute atomic E-state index is 12.0. The molecule has 1 saturated heterocycles. The van der Waals surface area contributed by atoms with Crippen molar-refractivity contribution in [2.45, 2.75) is 12.6 Å². The molecule has 1 aliphatic rings. The Morgan fingerprint density at radius 2 is 2.44 bits per heavy atom. The fourth-order valence-electron chi connectivity index (χ4n) is 1.63. The van der Waals surface area contributed by atoms with E-state index in [0.29, 0.717) is 19.8 Å². The van der Waals surface area contributed by atoms with Crippen LogP contribution in [0.25, 0.3) is 0 Å². The minimum absolute atomic E-state index is 0. The first kappa shape index (κ1) is 17.6. The Morgan fingerprint density at radius 1 is 1.67 bits per heavy atom. The van der Waals surface area contributed by atoms with Gasteiger partial charge in [-0.3, -0.25) is 4.79 Å². The summed E-state index contributed by atoms with van der Waals surface area (Å²) in [5, 5.41) is 5.10. The van der Waals surface area contributed by atoms with E-state index in [2.05, 4.69) is 10.3 Å². The lowest BCUT2D eigenvalue weighted by molar-refractivity contribution is -0.135. The third-order valence-electron chi connectivity index (χ3n) is 2.48. The van der Waals surface area contributed by atoms with Gasteiger partial charge in [-0.05, 0) is 0 Å². The highest BCUT2D eigenvalue weighted by molar-refractivity contribution is 7.07. The number of carbonyl (C=O) groups excluding carboxylic acids is 1. The van der Waals surface area contributed by atoms with E-state index in [0.717, 1.165) is 12.2 Å². The molecule has 1 aromatic heterocycles. The van der Waals surface area contributed by atoms with Gasteiger partial charge < -0.3 is 15.0 Å². The number of thiazole rings is 1. The van der Waals surface area contributed by atoms with Crippen molar-refractivity contribution in [3.8, 4) is 0 Å². The number of nitrogens with zero attached hydrogens (tertiary/aromatic N) is 2. The van der Waals surface area contributed by atoms with Crippen LogP contribution in [0.2, 0.25) is 0 Å². The highest BCUT2D eigenvalue weighted by Crippen LogP contribution is 2.06. The SMILES string of the molecule is CN(Cc1cscn1)C(=O)C1COCCN1.Cl.Cl. The van der Waals surface area contributed by atoms with E-state index >= 15 is 0 Å². The van der Waals surface area contributed by atoms with E-state index in [1.54, 1.807) is 17.5 Å². The second-order valence-electron chi connectivity index (χ2n) is 3.76. The van der Waals surface area contributed by atoms with Gasteiger partial charge in [-0.15, -0.1) is 36.2 Å². The molecule has 18 heavy (non-hydrogen) atoms. The summed E-state index contributed by atoms with van der Waals surface area (Å²) in [6, 6.07) is -0.211. The van der Waals surface area contributed by atoms with Crippen LogP contribution < -0.4 is 5.32 Å². The van der Waals surface area contributed by atoms with Crippen LogP contribution in [-0.4, -0.2) is 48.6 Å². The summed E-state index contributed by atoms with van der Waals surface area (Å²) in [7, 11) is 1.79. The molecule has 104 valence electrons. The summed E-state index contributed by atoms with van der Waals surface area (Å²) in [6.45, 7) is 2.43. The van der Waals surface area contributed by atoms with Gasteiger partial charge >= 0.3 is 0 Å². The van der Waals surface area contributed by atoms with Gasteiger partial charge in [0.1, 0.15) is 6.04 Å². The quantitative estimate of drug-likeness (QED) is 0.902. The van der Waals surface area contributed by atoms with Gasteiger partial charge in [0.05, 0.1) is 31.0 Å². The number of hydrogen-bond acceptors (Lipinski definition) is 5. The van der Waals surface area contributed by atoms with Crippen LogP contribution in [0.15, 0.2) is 10.9 Å². The van der Waals surface area contributed by atoms with Crippen molar-refractivity contribution in [1.82, 2.24) is 15.2 Å². The first-order valence-corrected chi connectivity index (χ1v) is 6.15. The van der Waals surface area contributed by atoms with Crippen molar-refractivity contribution < 1.29 is 9.53 Å². The largest absolute Gasteiger partial charge is 0.378 e. The Balaban J connectivity index is 0.00000144. The van der Waals surface area contributed by atoms with Crippen LogP contribution in [0.1, 0.15) is 5.69 Å². The predicted octanol–water partition coefficient (Wildman–Crippen LogP) is 0.933. The molecule has 1 aromatic rings. The number of carbonyl (C=O) groups is 1. The molecule has 0 saturated carbocycles. The zero-order valence-corrected chi connectivity index (χ0v) is 12.4. The van der Waals surface area contributed by atoms with Crippen molar-refractivity contribution in [3.63, 3.8) is 0 Å². The second kappa shape index (κ2) is 8.66. The summed E-state index contributed by atoms with van der Waals surface area (Å²) in [6.07, 6.45) is 0. The predicted molar refractivity (Wildman–Crippen MR) is 75.7 cm³/mol. The average Bonchev–Trinajstić information content (AvgIpc) is 2.82. The minimum Gasteiger partial charge on any atom is -0.378 e. The average molecular weight is 314 g/mol. The number of aromatic nitrogens is 1. The summed E-state index contributed by atoms with van der Waals surface area (Å²) in [5.74, 6) is 0.0627. The number of ether oxygens (including phenoxy) is 1. The molecule has 1 atom stereocenters. The number of nitrogens with one attached hydrogen (secondary N) is 1. The van der Waals surface area contributed by atoms with E-state index in [4.69, 9.17) is 4.74 Å². The van der Waals surface area contributed by atoms with Crippen LogP contribution in [0.5, 0.6) is 0 Å². The second-order valence-corrected chi connectivity index (χ2v) is 4.47. The molecule has 0 radical (unpaired) electrons. The van der Waals surface area contributed by atoms with Crippen molar-refractivity contribution >= 4 is 42.1 Å². The summed E-state index contributed by atoms with van der Waals surface area (Å²) in [4.78, 5) is 17.8. The van der Waals surface area contributed by atoms with Crippen molar-refractivity contribution in [2.75, 3.05) is 26.8 Å². The molecule has 5 nitrogen and oxygen atoms in total. The number of likely N-dealkylation sites (N-methyl/N-ethyl adjacent to an activating group) is 1. The molecule has 8 heteroatoms. The molecule has 0 aliphatic carbocycles.